The van der Waals surface area contributed by atoms with Crippen molar-refractivity contribution in [3.05, 3.63) is 77.9 Å². The summed E-state index contributed by atoms with van der Waals surface area (Å²) < 4.78 is 7.03. The first-order chi connectivity index (χ1) is 12.4. The molecule has 0 unspecified atom stereocenters. The molecule has 1 aromatic carbocycles. The van der Waals surface area contributed by atoms with Crippen molar-refractivity contribution < 1.29 is 9.21 Å². The minimum atomic E-state index is -0.226. The molecule has 0 spiro atoms. The van der Waals surface area contributed by atoms with Gasteiger partial charge in [-0.3, -0.25) is 4.79 Å². The largest absolute Gasteiger partial charge is 0.465 e. The van der Waals surface area contributed by atoms with Crippen LogP contribution in [0.4, 0.5) is 5.82 Å². The lowest BCUT2D eigenvalue weighted by Gasteiger charge is -2.14. The topological polar surface area (TPSA) is 60.1 Å². The summed E-state index contributed by atoms with van der Waals surface area (Å²) in [5, 5.41) is 7.62. The van der Waals surface area contributed by atoms with Crippen molar-refractivity contribution in [2.75, 3.05) is 5.32 Å². The quantitative estimate of drug-likeness (QED) is 0.691. The van der Waals surface area contributed by atoms with Crippen molar-refractivity contribution >= 4 is 17.8 Å². The van der Waals surface area contributed by atoms with E-state index in [1.54, 1.807) is 24.5 Å². The fourth-order valence-corrected chi connectivity index (χ4v) is 2.47. The Bertz CT molecular complexity index is 885. The highest BCUT2D eigenvalue weighted by Gasteiger charge is 2.20. The summed E-state index contributed by atoms with van der Waals surface area (Å²) in [6, 6.07) is 15.6. The van der Waals surface area contributed by atoms with Gasteiger partial charge in [-0.25, -0.2) is 4.68 Å². The Morgan fingerprint density at radius 1 is 1.19 bits per heavy atom. The summed E-state index contributed by atoms with van der Waals surface area (Å²) in [4.78, 5) is 12.3. The molecule has 5 nitrogen and oxygen atoms in total. The number of carbonyl (C=O) groups excluding carboxylic acids is 1. The van der Waals surface area contributed by atoms with E-state index in [-0.39, 0.29) is 11.3 Å². The molecule has 0 saturated carbocycles. The Morgan fingerprint density at radius 2 is 1.96 bits per heavy atom. The minimum absolute atomic E-state index is 0.106. The van der Waals surface area contributed by atoms with Crippen LogP contribution in [0.15, 0.2) is 65.3 Å². The van der Waals surface area contributed by atoms with Crippen LogP contribution in [0.5, 0.6) is 0 Å². The Hall–Kier alpha value is -3.08. The first-order valence-electron chi connectivity index (χ1n) is 8.57. The number of rotatable bonds is 5. The normalized spacial score (nSPS) is 11.8. The van der Waals surface area contributed by atoms with E-state index >= 15 is 0 Å². The number of hydrogen-bond acceptors (Lipinski definition) is 3. The van der Waals surface area contributed by atoms with Crippen molar-refractivity contribution in [3.63, 3.8) is 0 Å². The van der Waals surface area contributed by atoms with Gasteiger partial charge in [-0.2, -0.15) is 5.10 Å². The van der Waals surface area contributed by atoms with Crippen LogP contribution in [0.25, 0.3) is 6.08 Å². The minimum Gasteiger partial charge on any atom is -0.465 e. The molecule has 0 atom stereocenters. The molecule has 1 N–H and O–H groups in total. The van der Waals surface area contributed by atoms with Crippen molar-refractivity contribution in [1.82, 2.24) is 9.78 Å². The zero-order chi connectivity index (χ0) is 18.6. The predicted octanol–water partition coefficient (Wildman–Crippen LogP) is 4.47. The van der Waals surface area contributed by atoms with Crippen LogP contribution in [0.3, 0.4) is 0 Å². The van der Waals surface area contributed by atoms with Crippen molar-refractivity contribution in [2.24, 2.45) is 0 Å². The lowest BCUT2D eigenvalue weighted by Crippen LogP contribution is -2.14. The SMILES string of the molecule is CC(C)(C)c1cc(NC(=O)/C=C/c2ccco2)n(Cc2ccccc2)n1. The molecular weight excluding hydrogens is 326 g/mol. The van der Waals surface area contributed by atoms with Crippen LogP contribution < -0.4 is 5.32 Å². The Morgan fingerprint density at radius 3 is 2.62 bits per heavy atom. The van der Waals surface area contributed by atoms with Gasteiger partial charge in [-0.15, -0.1) is 0 Å². The smallest absolute Gasteiger partial charge is 0.249 e. The number of carbonyl (C=O) groups is 1. The molecule has 26 heavy (non-hydrogen) atoms. The van der Waals surface area contributed by atoms with Gasteiger partial charge >= 0.3 is 0 Å². The fraction of sp³-hybridized carbons (Fsp3) is 0.238. The number of furan rings is 1. The lowest BCUT2D eigenvalue weighted by molar-refractivity contribution is -0.111. The zero-order valence-electron chi connectivity index (χ0n) is 15.3. The highest BCUT2D eigenvalue weighted by Crippen LogP contribution is 2.24. The number of anilines is 1. The van der Waals surface area contributed by atoms with Gasteiger partial charge in [0.2, 0.25) is 5.91 Å². The van der Waals surface area contributed by atoms with E-state index in [1.165, 1.54) is 6.08 Å². The maximum absolute atomic E-state index is 12.3. The van der Waals surface area contributed by atoms with Gasteiger partial charge in [0.25, 0.3) is 0 Å². The number of amides is 1. The van der Waals surface area contributed by atoms with Gasteiger partial charge in [0.15, 0.2) is 0 Å². The molecule has 134 valence electrons. The molecule has 3 aromatic rings. The summed E-state index contributed by atoms with van der Waals surface area (Å²) >= 11 is 0. The number of nitrogens with one attached hydrogen (secondary N) is 1. The van der Waals surface area contributed by atoms with Crippen LogP contribution in [-0.4, -0.2) is 15.7 Å². The molecule has 0 radical (unpaired) electrons. The van der Waals surface area contributed by atoms with Crippen LogP contribution in [0.2, 0.25) is 0 Å². The van der Waals surface area contributed by atoms with Crippen LogP contribution >= 0.6 is 0 Å². The second-order valence-electron chi connectivity index (χ2n) is 7.15. The average Bonchev–Trinajstić information content (AvgIpc) is 3.24. The molecule has 1 amide bonds. The molecule has 0 saturated heterocycles. The van der Waals surface area contributed by atoms with E-state index < -0.39 is 0 Å². The number of hydrogen-bond donors (Lipinski definition) is 1. The third-order valence-corrected chi connectivity index (χ3v) is 3.92. The third-order valence-electron chi connectivity index (χ3n) is 3.92. The molecular formula is C21H23N3O2. The molecule has 0 aliphatic heterocycles. The number of aromatic nitrogens is 2. The van der Waals surface area contributed by atoms with Crippen LogP contribution in [-0.2, 0) is 16.8 Å². The molecule has 5 heteroatoms. The van der Waals surface area contributed by atoms with Gasteiger partial charge in [0.1, 0.15) is 11.6 Å². The van der Waals surface area contributed by atoms with Crippen molar-refractivity contribution in [2.45, 2.75) is 32.7 Å². The number of nitrogens with zero attached hydrogens (tertiary/aromatic N) is 2. The van der Waals surface area contributed by atoms with Gasteiger partial charge in [-0.1, -0.05) is 51.1 Å². The Kier molecular flexibility index (Phi) is 5.07. The highest BCUT2D eigenvalue weighted by molar-refractivity contribution is 6.01. The van der Waals surface area contributed by atoms with E-state index in [4.69, 9.17) is 9.52 Å². The summed E-state index contributed by atoms with van der Waals surface area (Å²) in [5.41, 5.74) is 1.95. The molecule has 2 heterocycles. The monoisotopic (exact) mass is 349 g/mol. The van der Waals surface area contributed by atoms with Gasteiger partial charge in [0.05, 0.1) is 18.5 Å². The Balaban J connectivity index is 1.82. The standard InChI is InChI=1S/C21H23N3O2/c1-21(2,3)18-14-19(22-20(25)12-11-17-10-7-13-26-17)24(23-18)15-16-8-5-4-6-9-16/h4-14H,15H2,1-3H3,(H,22,25)/b12-11+. The first-order valence-corrected chi connectivity index (χ1v) is 8.57. The molecule has 0 aliphatic rings. The third kappa shape index (κ3) is 4.51. The summed E-state index contributed by atoms with van der Waals surface area (Å²) in [6.07, 6.45) is 4.66. The highest BCUT2D eigenvalue weighted by atomic mass is 16.3. The Labute approximate surface area is 153 Å². The molecule has 2 aromatic heterocycles. The van der Waals surface area contributed by atoms with Crippen molar-refractivity contribution in [1.29, 1.82) is 0 Å². The van der Waals surface area contributed by atoms with E-state index in [9.17, 15) is 4.79 Å². The van der Waals surface area contributed by atoms with E-state index in [1.807, 2.05) is 41.1 Å². The molecule has 0 bridgehead atoms. The summed E-state index contributed by atoms with van der Waals surface area (Å²) in [6.45, 7) is 6.90. The second kappa shape index (κ2) is 7.44. The predicted molar refractivity (Wildman–Crippen MR) is 103 cm³/mol. The van der Waals surface area contributed by atoms with E-state index in [0.717, 1.165) is 11.3 Å². The average molecular weight is 349 g/mol. The summed E-state index contributed by atoms with van der Waals surface area (Å²) in [7, 11) is 0. The maximum Gasteiger partial charge on any atom is 0.249 e. The first kappa shape index (κ1) is 17.7. The summed E-state index contributed by atoms with van der Waals surface area (Å²) in [5.74, 6) is 1.08. The zero-order valence-corrected chi connectivity index (χ0v) is 15.3. The van der Waals surface area contributed by atoms with E-state index in [2.05, 4.69) is 26.1 Å². The number of benzene rings is 1. The van der Waals surface area contributed by atoms with Crippen LogP contribution in [0.1, 0.15) is 37.8 Å². The van der Waals surface area contributed by atoms with Gasteiger partial charge in [0, 0.05) is 17.6 Å². The molecule has 3 rings (SSSR count). The van der Waals surface area contributed by atoms with Gasteiger partial charge in [-0.05, 0) is 23.8 Å². The lowest BCUT2D eigenvalue weighted by atomic mass is 9.92. The maximum atomic E-state index is 12.3. The van der Waals surface area contributed by atoms with Crippen LogP contribution in [0, 0.1) is 0 Å². The fourth-order valence-electron chi connectivity index (χ4n) is 2.47. The molecule has 0 aliphatic carbocycles. The van der Waals surface area contributed by atoms with E-state index in [0.29, 0.717) is 18.1 Å². The second-order valence-corrected chi connectivity index (χ2v) is 7.15. The molecule has 0 fully saturated rings. The van der Waals surface area contributed by atoms with Crippen molar-refractivity contribution in [3.8, 4) is 0 Å². The van der Waals surface area contributed by atoms with Gasteiger partial charge < -0.3 is 9.73 Å².